The lowest BCUT2D eigenvalue weighted by atomic mass is 10.1. The lowest BCUT2D eigenvalue weighted by Gasteiger charge is -2.07. The van der Waals surface area contributed by atoms with Crippen LogP contribution in [0, 0.1) is 0 Å². The van der Waals surface area contributed by atoms with Gasteiger partial charge in [0.1, 0.15) is 5.69 Å². The third-order valence-electron chi connectivity index (χ3n) is 2.93. The van der Waals surface area contributed by atoms with Crippen LogP contribution < -0.4 is 5.32 Å². The molecule has 2 rings (SSSR count). The van der Waals surface area contributed by atoms with Gasteiger partial charge in [-0.25, -0.2) is 0 Å². The maximum absolute atomic E-state index is 12.0. The van der Waals surface area contributed by atoms with Crippen LogP contribution in [0.15, 0.2) is 42.6 Å². The molecule has 0 bridgehead atoms. The third-order valence-corrected chi connectivity index (χ3v) is 2.93. The molecule has 0 saturated carbocycles. The van der Waals surface area contributed by atoms with E-state index in [1.54, 1.807) is 10.6 Å². The Morgan fingerprint density at radius 1 is 1.22 bits per heavy atom. The maximum Gasteiger partial charge on any atom is 0.272 e. The Bertz CT molecular complexity index is 526. The van der Waals surface area contributed by atoms with E-state index in [2.05, 4.69) is 24.4 Å². The van der Waals surface area contributed by atoms with Crippen molar-refractivity contribution in [2.75, 3.05) is 5.32 Å². The summed E-state index contributed by atoms with van der Waals surface area (Å²) < 4.78 is 1.81. The summed E-state index contributed by atoms with van der Waals surface area (Å²) >= 11 is 0. The first kappa shape index (κ1) is 12.4. The smallest absolute Gasteiger partial charge is 0.272 e. The van der Waals surface area contributed by atoms with Crippen molar-refractivity contribution in [1.82, 2.24) is 4.57 Å². The van der Waals surface area contributed by atoms with Crippen LogP contribution >= 0.6 is 0 Å². The van der Waals surface area contributed by atoms with Gasteiger partial charge >= 0.3 is 0 Å². The summed E-state index contributed by atoms with van der Waals surface area (Å²) in [6.07, 6.45) is 4.07. The standard InChI is InChI=1S/C15H18N2O/c1-3-5-12-7-9-13(10-8-12)16-15(18)14-6-4-11-17(14)2/h4,6-11H,3,5H2,1-2H3,(H,16,18). The Morgan fingerprint density at radius 3 is 2.50 bits per heavy atom. The summed E-state index contributed by atoms with van der Waals surface area (Å²) in [6.45, 7) is 2.16. The molecule has 0 aliphatic carbocycles. The van der Waals surface area contributed by atoms with Gasteiger partial charge in [0, 0.05) is 18.9 Å². The van der Waals surface area contributed by atoms with Crippen molar-refractivity contribution in [1.29, 1.82) is 0 Å². The SMILES string of the molecule is CCCc1ccc(NC(=O)c2cccn2C)cc1. The van der Waals surface area contributed by atoms with E-state index in [4.69, 9.17) is 0 Å². The number of nitrogens with one attached hydrogen (secondary N) is 1. The molecule has 0 fully saturated rings. The second-order valence-corrected chi connectivity index (χ2v) is 4.41. The monoisotopic (exact) mass is 242 g/mol. The molecule has 1 aromatic carbocycles. The highest BCUT2D eigenvalue weighted by molar-refractivity contribution is 6.03. The van der Waals surface area contributed by atoms with E-state index in [9.17, 15) is 4.79 Å². The summed E-state index contributed by atoms with van der Waals surface area (Å²) in [5.41, 5.74) is 2.79. The first-order valence-corrected chi connectivity index (χ1v) is 6.22. The number of aromatic nitrogens is 1. The van der Waals surface area contributed by atoms with E-state index in [-0.39, 0.29) is 5.91 Å². The minimum absolute atomic E-state index is 0.0780. The summed E-state index contributed by atoms with van der Waals surface area (Å²) in [5, 5.41) is 2.89. The molecular weight excluding hydrogens is 224 g/mol. The molecule has 3 heteroatoms. The molecule has 2 aromatic rings. The molecule has 3 nitrogen and oxygen atoms in total. The average molecular weight is 242 g/mol. The van der Waals surface area contributed by atoms with E-state index >= 15 is 0 Å². The first-order chi connectivity index (χ1) is 8.70. The second-order valence-electron chi connectivity index (χ2n) is 4.41. The van der Waals surface area contributed by atoms with Crippen molar-refractivity contribution in [3.63, 3.8) is 0 Å². The quantitative estimate of drug-likeness (QED) is 0.877. The van der Waals surface area contributed by atoms with Gasteiger partial charge in [-0.05, 0) is 36.2 Å². The van der Waals surface area contributed by atoms with Gasteiger partial charge in [-0.3, -0.25) is 4.79 Å². The van der Waals surface area contributed by atoms with Crippen LogP contribution in [0.5, 0.6) is 0 Å². The number of aryl methyl sites for hydroxylation is 2. The summed E-state index contributed by atoms with van der Waals surface area (Å²) in [7, 11) is 1.86. The van der Waals surface area contributed by atoms with E-state index < -0.39 is 0 Å². The number of carbonyl (C=O) groups excluding carboxylic acids is 1. The predicted octanol–water partition coefficient (Wildman–Crippen LogP) is 3.23. The Hall–Kier alpha value is -2.03. The van der Waals surface area contributed by atoms with Crippen LogP contribution in [0.1, 0.15) is 29.4 Å². The number of hydrogen-bond acceptors (Lipinski definition) is 1. The fraction of sp³-hybridized carbons (Fsp3) is 0.267. The van der Waals surface area contributed by atoms with Gasteiger partial charge < -0.3 is 9.88 Å². The number of carbonyl (C=O) groups is 1. The minimum atomic E-state index is -0.0780. The molecule has 0 unspecified atom stereocenters. The summed E-state index contributed by atoms with van der Waals surface area (Å²) in [4.78, 5) is 12.0. The van der Waals surface area contributed by atoms with E-state index in [1.165, 1.54) is 5.56 Å². The van der Waals surface area contributed by atoms with Gasteiger partial charge in [-0.1, -0.05) is 25.5 Å². The van der Waals surface area contributed by atoms with Gasteiger partial charge in [-0.15, -0.1) is 0 Å². The normalized spacial score (nSPS) is 10.3. The molecule has 0 atom stereocenters. The van der Waals surface area contributed by atoms with Crippen molar-refractivity contribution in [2.45, 2.75) is 19.8 Å². The van der Waals surface area contributed by atoms with Crippen LogP contribution in [0.3, 0.4) is 0 Å². The largest absolute Gasteiger partial charge is 0.347 e. The van der Waals surface area contributed by atoms with Crippen molar-refractivity contribution in [3.05, 3.63) is 53.9 Å². The fourth-order valence-electron chi connectivity index (χ4n) is 1.94. The Labute approximate surface area is 107 Å². The Morgan fingerprint density at radius 2 is 1.94 bits per heavy atom. The van der Waals surface area contributed by atoms with E-state index in [0.717, 1.165) is 18.5 Å². The molecule has 18 heavy (non-hydrogen) atoms. The van der Waals surface area contributed by atoms with Crippen LogP contribution in [-0.4, -0.2) is 10.5 Å². The minimum Gasteiger partial charge on any atom is -0.347 e. The Kier molecular flexibility index (Phi) is 3.82. The van der Waals surface area contributed by atoms with Crippen LogP contribution in [0.2, 0.25) is 0 Å². The van der Waals surface area contributed by atoms with Gasteiger partial charge in [0.25, 0.3) is 5.91 Å². The van der Waals surface area contributed by atoms with E-state index in [0.29, 0.717) is 5.69 Å². The average Bonchev–Trinajstić information content (AvgIpc) is 2.78. The third kappa shape index (κ3) is 2.80. The zero-order valence-corrected chi connectivity index (χ0v) is 10.8. The summed E-state index contributed by atoms with van der Waals surface area (Å²) in [6, 6.07) is 11.7. The molecule has 0 saturated heterocycles. The predicted molar refractivity (Wildman–Crippen MR) is 73.8 cm³/mol. The molecule has 1 aromatic heterocycles. The number of benzene rings is 1. The first-order valence-electron chi connectivity index (χ1n) is 6.22. The van der Waals surface area contributed by atoms with E-state index in [1.807, 2.05) is 31.4 Å². The number of rotatable bonds is 4. The lowest BCUT2D eigenvalue weighted by molar-refractivity contribution is 0.101. The van der Waals surface area contributed by atoms with Gasteiger partial charge in [0.05, 0.1) is 0 Å². The van der Waals surface area contributed by atoms with Gasteiger partial charge in [0.15, 0.2) is 0 Å². The topological polar surface area (TPSA) is 34.0 Å². The maximum atomic E-state index is 12.0. The number of anilines is 1. The van der Waals surface area contributed by atoms with Crippen LogP contribution in [-0.2, 0) is 13.5 Å². The molecule has 1 N–H and O–H groups in total. The second kappa shape index (κ2) is 5.54. The van der Waals surface area contributed by atoms with Crippen molar-refractivity contribution < 1.29 is 4.79 Å². The fourth-order valence-corrected chi connectivity index (χ4v) is 1.94. The van der Waals surface area contributed by atoms with Crippen LogP contribution in [0.25, 0.3) is 0 Å². The zero-order valence-electron chi connectivity index (χ0n) is 10.8. The molecule has 94 valence electrons. The molecular formula is C15H18N2O. The molecule has 0 aliphatic heterocycles. The highest BCUT2D eigenvalue weighted by Crippen LogP contribution is 2.12. The van der Waals surface area contributed by atoms with Gasteiger partial charge in [0.2, 0.25) is 0 Å². The van der Waals surface area contributed by atoms with Crippen molar-refractivity contribution in [3.8, 4) is 0 Å². The zero-order chi connectivity index (χ0) is 13.0. The molecule has 0 radical (unpaired) electrons. The number of nitrogens with zero attached hydrogens (tertiary/aromatic N) is 1. The highest BCUT2D eigenvalue weighted by atomic mass is 16.1. The molecule has 0 spiro atoms. The van der Waals surface area contributed by atoms with Crippen molar-refractivity contribution >= 4 is 11.6 Å². The molecule has 1 heterocycles. The van der Waals surface area contributed by atoms with Crippen LogP contribution in [0.4, 0.5) is 5.69 Å². The highest BCUT2D eigenvalue weighted by Gasteiger charge is 2.08. The summed E-state index contributed by atoms with van der Waals surface area (Å²) in [5.74, 6) is -0.0780. The lowest BCUT2D eigenvalue weighted by Crippen LogP contribution is -2.15. The Balaban J connectivity index is 2.05. The molecule has 1 amide bonds. The number of amides is 1. The van der Waals surface area contributed by atoms with Crippen molar-refractivity contribution in [2.24, 2.45) is 7.05 Å². The van der Waals surface area contributed by atoms with Gasteiger partial charge in [-0.2, -0.15) is 0 Å². The number of hydrogen-bond donors (Lipinski definition) is 1. The molecule has 0 aliphatic rings.